The van der Waals surface area contributed by atoms with E-state index in [-0.39, 0.29) is 11.9 Å². The molecular weight excluding hydrogens is 494 g/mol. The average Bonchev–Trinajstić information content (AvgIpc) is 3.46. The Bertz CT molecular complexity index is 1090. The number of aromatic nitrogens is 2. The lowest BCUT2D eigenvalue weighted by molar-refractivity contribution is -0.119. The second-order valence-corrected chi connectivity index (χ2v) is 9.04. The van der Waals surface area contributed by atoms with Gasteiger partial charge in [0, 0.05) is 22.3 Å². The third kappa shape index (κ3) is 5.25. The lowest BCUT2D eigenvalue weighted by atomic mass is 10.2. The first kappa shape index (κ1) is 22.2. The Morgan fingerprint density at radius 2 is 1.88 bits per heavy atom. The lowest BCUT2D eigenvalue weighted by Gasteiger charge is -2.23. The molecule has 2 N–H and O–H groups in total. The minimum absolute atomic E-state index is 0.261. The molecule has 1 aromatic heterocycles. The number of rotatable bonds is 6. The molecule has 0 bridgehead atoms. The molecule has 2 aromatic carbocycles. The molecule has 1 fully saturated rings. The summed E-state index contributed by atoms with van der Waals surface area (Å²) in [6, 6.07) is 14.0. The van der Waals surface area contributed by atoms with Crippen molar-refractivity contribution in [2.75, 3.05) is 23.8 Å². The number of halogens is 1. The number of urea groups is 1. The Hall–Kier alpha value is -2.98. The summed E-state index contributed by atoms with van der Waals surface area (Å²) in [5, 5.41) is 15.0. The van der Waals surface area contributed by atoms with Crippen LogP contribution in [0.15, 0.2) is 53.0 Å². The van der Waals surface area contributed by atoms with Crippen LogP contribution in [0.4, 0.5) is 15.6 Å². The van der Waals surface area contributed by atoms with Crippen molar-refractivity contribution in [3.05, 3.63) is 53.0 Å². The molecule has 1 atom stereocenters. The van der Waals surface area contributed by atoms with E-state index in [1.807, 2.05) is 31.2 Å². The van der Waals surface area contributed by atoms with Crippen molar-refractivity contribution in [1.29, 1.82) is 0 Å². The van der Waals surface area contributed by atoms with Gasteiger partial charge in [0.1, 0.15) is 16.8 Å². The van der Waals surface area contributed by atoms with Gasteiger partial charge >= 0.3 is 6.03 Å². The predicted octanol–water partition coefficient (Wildman–Crippen LogP) is 5.00. The van der Waals surface area contributed by atoms with Gasteiger partial charge in [0.05, 0.1) is 6.61 Å². The van der Waals surface area contributed by atoms with Gasteiger partial charge in [-0.05, 0) is 56.2 Å². The van der Waals surface area contributed by atoms with E-state index in [9.17, 15) is 9.59 Å². The summed E-state index contributed by atoms with van der Waals surface area (Å²) in [5.74, 6) is 0.478. The molecule has 32 heavy (non-hydrogen) atoms. The van der Waals surface area contributed by atoms with E-state index in [1.54, 1.807) is 29.2 Å². The summed E-state index contributed by atoms with van der Waals surface area (Å²) in [6.07, 6.45) is 1.36. The highest BCUT2D eigenvalue weighted by Crippen LogP contribution is 2.28. The number of likely N-dealkylation sites (tertiary alicyclic amines) is 1. The summed E-state index contributed by atoms with van der Waals surface area (Å²) >= 11 is 4.70. The quantitative estimate of drug-likeness (QED) is 0.481. The zero-order valence-electron chi connectivity index (χ0n) is 17.4. The van der Waals surface area contributed by atoms with Gasteiger partial charge in [0.25, 0.3) is 0 Å². The number of carbonyl (C=O) groups excluding carboxylic acids is 2. The maximum absolute atomic E-state index is 12.9. The van der Waals surface area contributed by atoms with E-state index in [4.69, 9.17) is 4.74 Å². The molecule has 1 saturated heterocycles. The van der Waals surface area contributed by atoms with Gasteiger partial charge < -0.3 is 15.0 Å². The summed E-state index contributed by atoms with van der Waals surface area (Å²) in [7, 11) is 0. The molecule has 3 amide bonds. The van der Waals surface area contributed by atoms with Crippen LogP contribution in [0.3, 0.4) is 0 Å². The first-order chi connectivity index (χ1) is 15.5. The fourth-order valence-corrected chi connectivity index (χ4v) is 4.47. The molecule has 8 nitrogen and oxygen atoms in total. The molecule has 2 heterocycles. The van der Waals surface area contributed by atoms with Crippen molar-refractivity contribution in [3.63, 3.8) is 0 Å². The van der Waals surface area contributed by atoms with Gasteiger partial charge in [0.15, 0.2) is 0 Å². The number of anilines is 2. The zero-order chi connectivity index (χ0) is 22.5. The highest BCUT2D eigenvalue weighted by atomic mass is 79.9. The molecule has 0 radical (unpaired) electrons. The van der Waals surface area contributed by atoms with Crippen LogP contribution in [0, 0.1) is 0 Å². The number of hydrogen-bond donors (Lipinski definition) is 2. The van der Waals surface area contributed by atoms with Crippen LogP contribution in [-0.4, -0.2) is 46.2 Å². The molecule has 10 heteroatoms. The molecule has 1 aliphatic heterocycles. The highest BCUT2D eigenvalue weighted by Gasteiger charge is 2.34. The van der Waals surface area contributed by atoms with Crippen molar-refractivity contribution in [1.82, 2.24) is 15.1 Å². The van der Waals surface area contributed by atoms with Crippen LogP contribution < -0.4 is 15.4 Å². The Morgan fingerprint density at radius 1 is 1.12 bits per heavy atom. The Labute approximate surface area is 198 Å². The molecule has 3 aromatic rings. The normalized spacial score (nSPS) is 15.4. The second kappa shape index (κ2) is 10.1. The molecule has 0 spiro atoms. The minimum Gasteiger partial charge on any atom is -0.494 e. The summed E-state index contributed by atoms with van der Waals surface area (Å²) in [4.78, 5) is 27.2. The van der Waals surface area contributed by atoms with Crippen LogP contribution in [-0.2, 0) is 4.79 Å². The fourth-order valence-electron chi connectivity index (χ4n) is 3.45. The summed E-state index contributed by atoms with van der Waals surface area (Å²) in [6.45, 7) is 3.01. The first-order valence-corrected chi connectivity index (χ1v) is 11.8. The number of nitrogens with zero attached hydrogens (tertiary/aromatic N) is 3. The molecule has 0 aliphatic carbocycles. The largest absolute Gasteiger partial charge is 0.494 e. The number of carbonyl (C=O) groups is 2. The molecule has 166 valence electrons. The minimum atomic E-state index is -0.558. The lowest BCUT2D eigenvalue weighted by Crippen LogP contribution is -2.45. The average molecular weight is 516 g/mol. The summed E-state index contributed by atoms with van der Waals surface area (Å²) in [5.41, 5.74) is 1.57. The molecular formula is C22H22BrN5O3S. The Morgan fingerprint density at radius 3 is 2.59 bits per heavy atom. The van der Waals surface area contributed by atoms with Crippen LogP contribution in [0.1, 0.15) is 19.8 Å². The third-order valence-electron chi connectivity index (χ3n) is 4.98. The first-order valence-electron chi connectivity index (χ1n) is 10.2. The van der Waals surface area contributed by atoms with Crippen molar-refractivity contribution >= 4 is 50.0 Å². The number of nitrogens with one attached hydrogen (secondary N) is 2. The van der Waals surface area contributed by atoms with E-state index < -0.39 is 6.04 Å². The van der Waals surface area contributed by atoms with Crippen LogP contribution in [0.2, 0.25) is 0 Å². The van der Waals surface area contributed by atoms with Crippen molar-refractivity contribution in [3.8, 4) is 16.3 Å². The standard InChI is InChI=1S/C22H22BrN5O3S/c1-2-31-17-11-9-16(10-12-17)24-22(30)28-13-3-4-18(28)19(29)25-21-27-26-20(32-21)14-5-7-15(23)8-6-14/h5-12,18H,2-4,13H2,1H3,(H,24,30)(H,25,27,29). The van der Waals surface area contributed by atoms with Crippen LogP contribution in [0.25, 0.3) is 10.6 Å². The topological polar surface area (TPSA) is 96.5 Å². The van der Waals surface area contributed by atoms with Gasteiger partial charge in [-0.1, -0.05) is 39.4 Å². The molecule has 1 unspecified atom stereocenters. The van der Waals surface area contributed by atoms with E-state index >= 15 is 0 Å². The van der Waals surface area contributed by atoms with Crippen molar-refractivity contribution in [2.24, 2.45) is 0 Å². The SMILES string of the molecule is CCOc1ccc(NC(=O)N2CCCC2C(=O)Nc2nnc(-c3ccc(Br)cc3)s2)cc1. The Balaban J connectivity index is 1.38. The summed E-state index contributed by atoms with van der Waals surface area (Å²) < 4.78 is 6.39. The van der Waals surface area contributed by atoms with Gasteiger partial charge in [-0.25, -0.2) is 4.79 Å². The molecule has 0 saturated carbocycles. The predicted molar refractivity (Wildman–Crippen MR) is 128 cm³/mol. The van der Waals surface area contributed by atoms with E-state index in [0.717, 1.165) is 22.2 Å². The molecule has 4 rings (SSSR count). The van der Waals surface area contributed by atoms with E-state index in [0.29, 0.717) is 35.4 Å². The molecule has 1 aliphatic rings. The smallest absolute Gasteiger partial charge is 0.322 e. The van der Waals surface area contributed by atoms with Crippen LogP contribution in [0.5, 0.6) is 5.75 Å². The van der Waals surface area contributed by atoms with Gasteiger partial charge in [0.2, 0.25) is 11.0 Å². The number of hydrogen-bond acceptors (Lipinski definition) is 6. The maximum Gasteiger partial charge on any atom is 0.322 e. The Kier molecular flexibility index (Phi) is 7.01. The van der Waals surface area contributed by atoms with Crippen molar-refractivity contribution in [2.45, 2.75) is 25.8 Å². The number of benzene rings is 2. The van der Waals surface area contributed by atoms with Crippen LogP contribution >= 0.6 is 27.3 Å². The fraction of sp³-hybridized carbons (Fsp3) is 0.273. The third-order valence-corrected chi connectivity index (χ3v) is 6.40. The number of ether oxygens (including phenoxy) is 1. The monoisotopic (exact) mass is 515 g/mol. The highest BCUT2D eigenvalue weighted by molar-refractivity contribution is 9.10. The maximum atomic E-state index is 12.9. The van der Waals surface area contributed by atoms with Crippen molar-refractivity contribution < 1.29 is 14.3 Å². The van der Waals surface area contributed by atoms with Gasteiger partial charge in [-0.2, -0.15) is 0 Å². The second-order valence-electron chi connectivity index (χ2n) is 7.15. The van der Waals surface area contributed by atoms with Gasteiger partial charge in [-0.15, -0.1) is 10.2 Å². The van der Waals surface area contributed by atoms with E-state index in [2.05, 4.69) is 36.8 Å². The number of amides is 3. The zero-order valence-corrected chi connectivity index (χ0v) is 19.8. The van der Waals surface area contributed by atoms with Gasteiger partial charge in [-0.3, -0.25) is 10.1 Å². The van der Waals surface area contributed by atoms with E-state index in [1.165, 1.54) is 11.3 Å².